The Morgan fingerprint density at radius 1 is 1.36 bits per heavy atom. The number of hydrogen-bond donors (Lipinski definition) is 1. The van der Waals surface area contributed by atoms with Crippen molar-refractivity contribution in [3.63, 3.8) is 0 Å². The Balaban J connectivity index is 2.55. The predicted octanol–water partition coefficient (Wildman–Crippen LogP) is 3.41. The summed E-state index contributed by atoms with van der Waals surface area (Å²) in [6.07, 6.45) is 1.23. The molecule has 1 N–H and O–H groups in total. The quantitative estimate of drug-likeness (QED) is 0.294. The van der Waals surface area contributed by atoms with Crippen LogP contribution in [0.15, 0.2) is 42.0 Å². The van der Waals surface area contributed by atoms with Crippen molar-refractivity contribution < 1.29 is 19.6 Å². The third kappa shape index (κ3) is 3.64. The van der Waals surface area contributed by atoms with E-state index in [9.17, 15) is 25.3 Å². The predicted molar refractivity (Wildman–Crippen MR) is 90.4 cm³/mol. The lowest BCUT2D eigenvalue weighted by molar-refractivity contribution is -0.386. The number of ketones is 1. The Labute approximate surface area is 143 Å². The van der Waals surface area contributed by atoms with Crippen LogP contribution < -0.4 is 4.74 Å². The highest BCUT2D eigenvalue weighted by Gasteiger charge is 2.20. The molecule has 126 valence electrons. The molecule has 0 aliphatic heterocycles. The molecule has 2 rings (SSSR count). The van der Waals surface area contributed by atoms with Gasteiger partial charge in [-0.2, -0.15) is 5.26 Å². The summed E-state index contributed by atoms with van der Waals surface area (Å²) in [6, 6.07) is 11.0. The Morgan fingerprint density at radius 3 is 2.60 bits per heavy atom. The van der Waals surface area contributed by atoms with Crippen LogP contribution in [0.5, 0.6) is 11.5 Å². The number of ether oxygens (including phenoxy) is 1. The molecule has 0 amide bonds. The average Bonchev–Trinajstić information content (AvgIpc) is 2.60. The van der Waals surface area contributed by atoms with Gasteiger partial charge in [-0.15, -0.1) is 0 Å². The maximum Gasteiger partial charge on any atom is 0.315 e. The fraction of sp³-hybridized carbons (Fsp3) is 0.111. The molecule has 7 nitrogen and oxygen atoms in total. The molecular formula is C18H14N2O5. The lowest BCUT2D eigenvalue weighted by Gasteiger charge is -2.06. The number of hydrogen-bond acceptors (Lipinski definition) is 6. The van der Waals surface area contributed by atoms with Gasteiger partial charge in [-0.05, 0) is 30.2 Å². The van der Waals surface area contributed by atoms with Crippen molar-refractivity contribution >= 4 is 17.5 Å². The SMILES string of the molecule is COc1cc(/C=C(\C#N)C(=O)c2ccccc2C)cc([N+](=O)[O-])c1O. The van der Waals surface area contributed by atoms with Crippen molar-refractivity contribution in [3.8, 4) is 17.6 Å². The third-order valence-corrected chi connectivity index (χ3v) is 3.56. The van der Waals surface area contributed by atoms with E-state index in [0.29, 0.717) is 11.1 Å². The first-order valence-electron chi connectivity index (χ1n) is 7.16. The van der Waals surface area contributed by atoms with Crippen LogP contribution >= 0.6 is 0 Å². The van der Waals surface area contributed by atoms with Gasteiger partial charge in [0.1, 0.15) is 11.6 Å². The maximum atomic E-state index is 12.5. The number of allylic oxidation sites excluding steroid dienone is 1. The van der Waals surface area contributed by atoms with Gasteiger partial charge in [-0.1, -0.05) is 24.3 Å². The highest BCUT2D eigenvalue weighted by atomic mass is 16.6. The minimum absolute atomic E-state index is 0.124. The van der Waals surface area contributed by atoms with E-state index in [1.54, 1.807) is 31.2 Å². The Morgan fingerprint density at radius 2 is 2.04 bits per heavy atom. The molecule has 2 aromatic carbocycles. The van der Waals surface area contributed by atoms with Crippen LogP contribution in [0, 0.1) is 28.4 Å². The number of methoxy groups -OCH3 is 1. The molecule has 0 unspecified atom stereocenters. The third-order valence-electron chi connectivity index (χ3n) is 3.56. The van der Waals surface area contributed by atoms with Crippen molar-refractivity contribution in [2.75, 3.05) is 7.11 Å². The van der Waals surface area contributed by atoms with E-state index in [-0.39, 0.29) is 16.9 Å². The van der Waals surface area contributed by atoms with Gasteiger partial charge >= 0.3 is 5.69 Å². The van der Waals surface area contributed by atoms with Gasteiger partial charge < -0.3 is 9.84 Å². The molecule has 0 heterocycles. The molecule has 0 atom stereocenters. The minimum atomic E-state index is -0.773. The van der Waals surface area contributed by atoms with Crippen LogP contribution in [0.2, 0.25) is 0 Å². The van der Waals surface area contributed by atoms with Crippen LogP contribution in [0.1, 0.15) is 21.5 Å². The van der Waals surface area contributed by atoms with Crippen molar-refractivity contribution in [2.24, 2.45) is 0 Å². The van der Waals surface area contributed by atoms with Gasteiger partial charge in [-0.25, -0.2) is 0 Å². The van der Waals surface area contributed by atoms with Crippen molar-refractivity contribution in [3.05, 3.63) is 68.8 Å². The number of aryl methyl sites for hydroxylation is 1. The molecular weight excluding hydrogens is 324 g/mol. The lowest BCUT2D eigenvalue weighted by Crippen LogP contribution is -2.04. The summed E-state index contributed by atoms with van der Waals surface area (Å²) < 4.78 is 4.90. The van der Waals surface area contributed by atoms with Crippen LogP contribution in [-0.2, 0) is 0 Å². The first-order chi connectivity index (χ1) is 11.9. The van der Waals surface area contributed by atoms with Gasteiger partial charge in [0.05, 0.1) is 12.0 Å². The highest BCUT2D eigenvalue weighted by Crippen LogP contribution is 2.37. The standard InChI is InChI=1S/C18H14N2O5/c1-11-5-3-4-6-14(11)17(21)13(10-19)7-12-8-15(20(23)24)18(22)16(9-12)25-2/h3-9,22H,1-2H3/b13-7+. The maximum absolute atomic E-state index is 12.5. The zero-order valence-electron chi connectivity index (χ0n) is 13.5. The van der Waals surface area contributed by atoms with E-state index >= 15 is 0 Å². The van der Waals surface area contributed by atoms with Crippen LogP contribution in [0.4, 0.5) is 5.69 Å². The fourth-order valence-electron chi connectivity index (χ4n) is 2.28. The minimum Gasteiger partial charge on any atom is -0.500 e. The number of carbonyl (C=O) groups excluding carboxylic acids is 1. The molecule has 0 spiro atoms. The second-order valence-corrected chi connectivity index (χ2v) is 5.16. The number of phenols is 1. The zero-order chi connectivity index (χ0) is 18.6. The van der Waals surface area contributed by atoms with E-state index in [2.05, 4.69) is 0 Å². The average molecular weight is 338 g/mol. The number of nitrogens with zero attached hydrogens (tertiary/aromatic N) is 2. The molecule has 25 heavy (non-hydrogen) atoms. The zero-order valence-corrected chi connectivity index (χ0v) is 13.5. The Hall–Kier alpha value is -3.66. The summed E-state index contributed by atoms with van der Waals surface area (Å²) in [5.41, 5.74) is 0.515. The number of Topliss-reactive ketones (excluding diaryl/α,β-unsaturated/α-hetero) is 1. The van der Waals surface area contributed by atoms with Crippen molar-refractivity contribution in [1.82, 2.24) is 0 Å². The molecule has 0 saturated carbocycles. The van der Waals surface area contributed by atoms with Crippen LogP contribution in [-0.4, -0.2) is 22.9 Å². The van der Waals surface area contributed by atoms with Gasteiger partial charge in [-0.3, -0.25) is 14.9 Å². The molecule has 0 aliphatic rings. The van der Waals surface area contributed by atoms with E-state index in [1.807, 2.05) is 6.07 Å². The van der Waals surface area contributed by atoms with E-state index < -0.39 is 22.1 Å². The normalized spacial score (nSPS) is 10.8. The molecule has 0 aromatic heterocycles. The number of benzene rings is 2. The van der Waals surface area contributed by atoms with Gasteiger partial charge in [0.25, 0.3) is 0 Å². The summed E-state index contributed by atoms with van der Waals surface area (Å²) in [5.74, 6) is -1.23. The Kier molecular flexibility index (Phi) is 5.15. The van der Waals surface area contributed by atoms with Gasteiger partial charge in [0.2, 0.25) is 11.5 Å². The number of rotatable bonds is 5. The van der Waals surface area contributed by atoms with E-state index in [0.717, 1.165) is 6.07 Å². The summed E-state index contributed by atoms with van der Waals surface area (Å²) in [5, 5.41) is 30.1. The smallest absolute Gasteiger partial charge is 0.315 e. The molecule has 0 bridgehead atoms. The summed E-state index contributed by atoms with van der Waals surface area (Å²) in [4.78, 5) is 22.8. The van der Waals surface area contributed by atoms with Crippen molar-refractivity contribution in [2.45, 2.75) is 6.92 Å². The fourth-order valence-corrected chi connectivity index (χ4v) is 2.28. The highest BCUT2D eigenvalue weighted by molar-refractivity contribution is 6.14. The number of nitro benzene ring substituents is 1. The number of nitro groups is 1. The second kappa shape index (κ2) is 7.27. The molecule has 0 aliphatic carbocycles. The van der Waals surface area contributed by atoms with E-state index in [1.165, 1.54) is 19.3 Å². The van der Waals surface area contributed by atoms with E-state index in [4.69, 9.17) is 4.74 Å². The number of nitriles is 1. The topological polar surface area (TPSA) is 113 Å². The summed E-state index contributed by atoms with van der Waals surface area (Å²) >= 11 is 0. The molecule has 0 fully saturated rings. The Bertz CT molecular complexity index is 926. The first-order valence-corrected chi connectivity index (χ1v) is 7.16. The summed E-state index contributed by atoms with van der Waals surface area (Å²) in [7, 11) is 1.25. The monoisotopic (exact) mass is 338 g/mol. The molecule has 7 heteroatoms. The van der Waals surface area contributed by atoms with Crippen molar-refractivity contribution in [1.29, 1.82) is 5.26 Å². The van der Waals surface area contributed by atoms with Crippen LogP contribution in [0.3, 0.4) is 0 Å². The van der Waals surface area contributed by atoms with Gasteiger partial charge in [0.15, 0.2) is 5.75 Å². The summed E-state index contributed by atoms with van der Waals surface area (Å²) in [6.45, 7) is 1.75. The molecule has 0 saturated heterocycles. The van der Waals surface area contributed by atoms with Crippen LogP contribution in [0.25, 0.3) is 6.08 Å². The first kappa shape index (κ1) is 17.7. The number of aromatic hydroxyl groups is 1. The largest absolute Gasteiger partial charge is 0.500 e. The molecule has 0 radical (unpaired) electrons. The number of phenolic OH excluding ortho intramolecular Hbond substituents is 1. The number of carbonyl (C=O) groups is 1. The molecule has 2 aromatic rings. The second-order valence-electron chi connectivity index (χ2n) is 5.16. The van der Waals surface area contributed by atoms with Gasteiger partial charge in [0, 0.05) is 11.6 Å². The lowest BCUT2D eigenvalue weighted by atomic mass is 9.98.